The van der Waals surface area contributed by atoms with Crippen LogP contribution in [0, 0.1) is 0 Å². The van der Waals surface area contributed by atoms with Gasteiger partial charge in [0.2, 0.25) is 0 Å². The summed E-state index contributed by atoms with van der Waals surface area (Å²) in [6.07, 6.45) is 9.34. The monoisotopic (exact) mass is 657 g/mol. The smallest absolute Gasteiger partial charge is 0.386 e. The topological polar surface area (TPSA) is 56.8 Å². The number of hydrogen-bond acceptors (Lipinski definition) is 5. The van der Waals surface area contributed by atoms with Gasteiger partial charge in [0.15, 0.2) is 0 Å². The molecule has 6 rings (SSSR count). The minimum absolute atomic E-state index is 0.405. The predicted octanol–water partition coefficient (Wildman–Crippen LogP) is 12.8. The Morgan fingerprint density at radius 1 is 0.500 bits per heavy atom. The van der Waals surface area contributed by atoms with Crippen molar-refractivity contribution in [2.24, 2.45) is 0 Å². The highest BCUT2D eigenvalue weighted by Gasteiger charge is 2.33. The lowest BCUT2D eigenvalue weighted by atomic mass is 10.0. The van der Waals surface area contributed by atoms with Gasteiger partial charge < -0.3 is 18.9 Å². The number of hydrogen-bond donors (Lipinski definition) is 1. The summed E-state index contributed by atoms with van der Waals surface area (Å²) in [4.78, 5) is 0. The first kappa shape index (κ1) is 34.3. The highest BCUT2D eigenvalue weighted by molar-refractivity contribution is 7.49. The van der Waals surface area contributed by atoms with Gasteiger partial charge >= 0.3 is 7.82 Å². The van der Waals surface area contributed by atoms with E-state index in [4.69, 9.17) is 13.6 Å². The Labute approximate surface area is 285 Å². The number of benzene rings is 6. The number of aryl methyl sites for hydroxylation is 1. The van der Waals surface area contributed by atoms with Gasteiger partial charge in [0.05, 0.1) is 0 Å². The van der Waals surface area contributed by atoms with E-state index < -0.39 is 7.82 Å². The second-order valence-corrected chi connectivity index (χ2v) is 13.0. The standard InChI is InChI=1S/C24H29N.C18H15O4P/c1-2-3-4-5-6-7-11-20-16-18-22(19-17-20)25-24-15-10-13-21-12-8-9-14-23(21)24;19-23(20-16-10-4-1-5-11-16,21-17-12-6-2-7-13-17)22-18-14-8-3-9-15-18/h8-10,12-19,25H,2-7,11H2,1H3;1-15H. The van der Waals surface area contributed by atoms with E-state index in [-0.39, 0.29) is 0 Å². The first-order valence-corrected chi connectivity index (χ1v) is 18.2. The second-order valence-electron chi connectivity index (χ2n) is 11.5. The molecule has 0 bridgehead atoms. The Hall–Kier alpha value is -4.99. The number of nitrogens with one attached hydrogen (secondary N) is 1. The van der Waals surface area contributed by atoms with Crippen LogP contribution in [0.1, 0.15) is 51.0 Å². The molecule has 0 saturated heterocycles. The van der Waals surface area contributed by atoms with Crippen LogP contribution >= 0.6 is 7.82 Å². The summed E-state index contributed by atoms with van der Waals surface area (Å²) in [5, 5.41) is 6.10. The van der Waals surface area contributed by atoms with Gasteiger partial charge in [0.25, 0.3) is 0 Å². The van der Waals surface area contributed by atoms with E-state index >= 15 is 0 Å². The Kier molecular flexibility index (Phi) is 13.1. The largest absolute Gasteiger partial charge is 0.647 e. The molecule has 0 saturated carbocycles. The van der Waals surface area contributed by atoms with Crippen molar-refractivity contribution in [2.45, 2.75) is 51.9 Å². The summed E-state index contributed by atoms with van der Waals surface area (Å²) < 4.78 is 29.6. The number of phosphoric acid groups is 1. The van der Waals surface area contributed by atoms with Crippen LogP contribution < -0.4 is 18.9 Å². The maximum Gasteiger partial charge on any atom is 0.647 e. The molecule has 0 atom stereocenters. The summed E-state index contributed by atoms with van der Waals surface area (Å²) in [7, 11) is -3.89. The van der Waals surface area contributed by atoms with Crippen molar-refractivity contribution in [1.29, 1.82) is 0 Å². The third kappa shape index (κ3) is 11.1. The van der Waals surface area contributed by atoms with Gasteiger partial charge in [-0.3, -0.25) is 0 Å². The molecule has 5 nitrogen and oxygen atoms in total. The predicted molar refractivity (Wildman–Crippen MR) is 200 cm³/mol. The van der Waals surface area contributed by atoms with Crippen molar-refractivity contribution in [1.82, 2.24) is 0 Å². The molecule has 0 spiro atoms. The van der Waals surface area contributed by atoms with Crippen molar-refractivity contribution in [3.63, 3.8) is 0 Å². The molecular formula is C42H44NO4P. The molecule has 0 fully saturated rings. The summed E-state index contributed by atoms with van der Waals surface area (Å²) >= 11 is 0. The normalized spacial score (nSPS) is 10.9. The van der Waals surface area contributed by atoms with Gasteiger partial charge in [0, 0.05) is 16.8 Å². The van der Waals surface area contributed by atoms with Gasteiger partial charge in [-0.2, -0.15) is 4.57 Å². The Morgan fingerprint density at radius 2 is 0.979 bits per heavy atom. The molecule has 0 aliphatic heterocycles. The maximum absolute atomic E-state index is 13.1. The molecule has 48 heavy (non-hydrogen) atoms. The van der Waals surface area contributed by atoms with Crippen LogP contribution in [0.3, 0.4) is 0 Å². The van der Waals surface area contributed by atoms with Crippen LogP contribution in [-0.4, -0.2) is 0 Å². The van der Waals surface area contributed by atoms with Gasteiger partial charge in [-0.25, -0.2) is 0 Å². The molecule has 6 aromatic rings. The fourth-order valence-corrected chi connectivity index (χ4v) is 6.49. The lowest BCUT2D eigenvalue weighted by molar-refractivity contribution is 0.298. The van der Waals surface area contributed by atoms with E-state index in [1.807, 2.05) is 18.2 Å². The summed E-state index contributed by atoms with van der Waals surface area (Å²) in [5.41, 5.74) is 3.77. The first-order chi connectivity index (χ1) is 23.6. The molecule has 0 unspecified atom stereocenters. The molecule has 0 amide bonds. The average molecular weight is 658 g/mol. The van der Waals surface area contributed by atoms with Crippen LogP contribution in [0.25, 0.3) is 10.8 Å². The van der Waals surface area contributed by atoms with Crippen molar-refractivity contribution >= 4 is 30.0 Å². The Morgan fingerprint density at radius 3 is 1.54 bits per heavy atom. The van der Waals surface area contributed by atoms with E-state index in [1.165, 1.54) is 67.0 Å². The van der Waals surface area contributed by atoms with Crippen LogP contribution in [0.4, 0.5) is 11.4 Å². The Balaban J connectivity index is 0.000000188. The molecule has 0 aliphatic carbocycles. The number of rotatable bonds is 15. The third-order valence-corrected chi connectivity index (χ3v) is 9.03. The number of anilines is 2. The zero-order chi connectivity index (χ0) is 33.3. The van der Waals surface area contributed by atoms with Gasteiger partial charge in [0.1, 0.15) is 17.2 Å². The molecule has 0 radical (unpaired) electrons. The van der Waals surface area contributed by atoms with E-state index in [0.717, 1.165) is 5.69 Å². The van der Waals surface area contributed by atoms with Crippen LogP contribution in [-0.2, 0) is 11.0 Å². The summed E-state index contributed by atoms with van der Waals surface area (Å²) in [6, 6.07) is 50.2. The highest BCUT2D eigenvalue weighted by Crippen LogP contribution is 2.49. The molecule has 6 aromatic carbocycles. The zero-order valence-electron chi connectivity index (χ0n) is 27.5. The van der Waals surface area contributed by atoms with Crippen LogP contribution in [0.15, 0.2) is 158 Å². The number of unbranched alkanes of at least 4 members (excludes halogenated alkanes) is 5. The first-order valence-electron chi connectivity index (χ1n) is 16.8. The second kappa shape index (κ2) is 18.4. The maximum atomic E-state index is 13.1. The zero-order valence-corrected chi connectivity index (χ0v) is 28.4. The van der Waals surface area contributed by atoms with E-state index in [0.29, 0.717) is 17.2 Å². The van der Waals surface area contributed by atoms with Crippen LogP contribution in [0.2, 0.25) is 0 Å². The van der Waals surface area contributed by atoms with Crippen molar-refractivity contribution in [3.05, 3.63) is 163 Å². The SMILES string of the molecule is CCCCCCCCc1ccc(Nc2cccc3ccccc23)cc1.O=P(Oc1ccccc1)(Oc1ccccc1)Oc1ccccc1. The van der Waals surface area contributed by atoms with Gasteiger partial charge in [-0.1, -0.05) is 142 Å². The fraction of sp³-hybridized carbons (Fsp3) is 0.190. The molecule has 6 heteroatoms. The average Bonchev–Trinajstić information content (AvgIpc) is 3.12. The molecule has 1 N–H and O–H groups in total. The molecule has 246 valence electrons. The lowest BCUT2D eigenvalue weighted by Gasteiger charge is -2.19. The number of para-hydroxylation sites is 3. The van der Waals surface area contributed by atoms with Crippen LogP contribution in [0.5, 0.6) is 17.2 Å². The minimum Gasteiger partial charge on any atom is -0.386 e. The molecule has 0 aliphatic rings. The van der Waals surface area contributed by atoms with E-state index in [1.54, 1.807) is 72.8 Å². The number of phosphoric ester groups is 1. The molecular weight excluding hydrogens is 613 g/mol. The fourth-order valence-electron chi connectivity index (χ4n) is 5.24. The van der Waals surface area contributed by atoms with Crippen molar-refractivity contribution < 1.29 is 18.1 Å². The van der Waals surface area contributed by atoms with Crippen molar-refractivity contribution in [3.8, 4) is 17.2 Å². The van der Waals surface area contributed by atoms with Gasteiger partial charge in [-0.15, -0.1) is 0 Å². The van der Waals surface area contributed by atoms with E-state index in [2.05, 4.69) is 79.0 Å². The summed E-state index contributed by atoms with van der Waals surface area (Å²) in [6.45, 7) is 2.27. The molecule has 0 aromatic heterocycles. The van der Waals surface area contributed by atoms with E-state index in [9.17, 15) is 4.57 Å². The van der Waals surface area contributed by atoms with Gasteiger partial charge in [-0.05, 0) is 78.4 Å². The third-order valence-electron chi connectivity index (χ3n) is 7.72. The Bertz CT molecular complexity index is 1720. The highest BCUT2D eigenvalue weighted by atomic mass is 31.2. The minimum atomic E-state index is -3.89. The molecule has 0 heterocycles. The number of fused-ring (bicyclic) bond motifs is 1. The van der Waals surface area contributed by atoms with Crippen molar-refractivity contribution in [2.75, 3.05) is 5.32 Å². The quantitative estimate of drug-likeness (QED) is 0.0880. The summed E-state index contributed by atoms with van der Waals surface area (Å²) in [5.74, 6) is 1.22. The lowest BCUT2D eigenvalue weighted by Crippen LogP contribution is -2.07.